The highest BCUT2D eigenvalue weighted by molar-refractivity contribution is 5.92. The van der Waals surface area contributed by atoms with Crippen LogP contribution in [0.5, 0.6) is 0 Å². The second kappa shape index (κ2) is 18.2. The maximum absolute atomic E-state index is 13.1. The molecule has 0 aromatic heterocycles. The van der Waals surface area contributed by atoms with Crippen LogP contribution in [0.2, 0.25) is 0 Å². The summed E-state index contributed by atoms with van der Waals surface area (Å²) in [6.07, 6.45) is 6.92. The second-order valence-corrected chi connectivity index (χ2v) is 8.77. The highest BCUT2D eigenvalue weighted by Gasteiger charge is 2.28. The number of rotatable bonds is 20. The summed E-state index contributed by atoms with van der Waals surface area (Å²) in [5.74, 6) is -0.704. The van der Waals surface area contributed by atoms with Gasteiger partial charge in [-0.2, -0.15) is 0 Å². The lowest BCUT2D eigenvalue weighted by molar-refractivity contribution is -0.133. The Morgan fingerprint density at radius 2 is 1.23 bits per heavy atom. The van der Waals surface area contributed by atoms with Crippen LogP contribution >= 0.6 is 0 Å². The van der Waals surface area contributed by atoms with E-state index in [9.17, 15) is 14.4 Å². The Hall–Kier alpha value is -1.35. The van der Waals surface area contributed by atoms with Gasteiger partial charge in [-0.25, -0.2) is 0 Å². The molecule has 0 saturated carbocycles. The number of unbranched alkanes of at least 4 members (excludes halogenated alkanes) is 3. The van der Waals surface area contributed by atoms with E-state index in [1.54, 1.807) is 0 Å². The molecule has 0 radical (unpaired) electrons. The van der Waals surface area contributed by atoms with Crippen LogP contribution in [0.15, 0.2) is 0 Å². The van der Waals surface area contributed by atoms with Gasteiger partial charge in [0.2, 0.25) is 5.91 Å². The third-order valence-corrected chi connectivity index (χ3v) is 5.45. The maximum atomic E-state index is 13.1. The summed E-state index contributed by atoms with van der Waals surface area (Å²) in [4.78, 5) is 38.1. The summed E-state index contributed by atoms with van der Waals surface area (Å²) in [5, 5.41) is 6.23. The highest BCUT2D eigenvalue weighted by Crippen LogP contribution is 2.18. The van der Waals surface area contributed by atoms with Gasteiger partial charge in [0.15, 0.2) is 11.6 Å². The van der Waals surface area contributed by atoms with E-state index in [4.69, 9.17) is 17.2 Å². The molecule has 0 rings (SSSR count). The van der Waals surface area contributed by atoms with Gasteiger partial charge in [0.1, 0.15) is 0 Å². The zero-order chi connectivity index (χ0) is 23.6. The number of hydrogen-bond acceptors (Lipinski definition) is 7. The minimum absolute atomic E-state index is 0.0427. The van der Waals surface area contributed by atoms with E-state index in [1.165, 1.54) is 6.92 Å². The smallest absolute Gasteiger partial charge is 0.224 e. The van der Waals surface area contributed by atoms with Crippen molar-refractivity contribution in [1.82, 2.24) is 10.6 Å². The number of nitrogens with one attached hydrogen (secondary N) is 2. The van der Waals surface area contributed by atoms with Gasteiger partial charge in [-0.15, -0.1) is 0 Å². The lowest BCUT2D eigenvalue weighted by Crippen LogP contribution is -2.45. The van der Waals surface area contributed by atoms with Gasteiger partial charge < -0.3 is 27.8 Å². The van der Waals surface area contributed by atoms with Gasteiger partial charge in [-0.05, 0) is 71.5 Å². The number of ketones is 2. The average molecular weight is 442 g/mol. The van der Waals surface area contributed by atoms with Crippen LogP contribution in [0, 0.1) is 5.92 Å². The molecular weight excluding hydrogens is 394 g/mol. The van der Waals surface area contributed by atoms with Gasteiger partial charge in [-0.1, -0.05) is 26.7 Å². The monoisotopic (exact) mass is 441 g/mol. The number of amides is 1. The maximum Gasteiger partial charge on any atom is 0.224 e. The molecule has 182 valence electrons. The molecule has 0 aliphatic carbocycles. The van der Waals surface area contributed by atoms with Crippen molar-refractivity contribution in [3.05, 3.63) is 0 Å². The molecule has 1 amide bonds. The molecule has 0 saturated heterocycles. The second-order valence-electron chi connectivity index (χ2n) is 8.77. The first kappa shape index (κ1) is 29.7. The Kier molecular flexibility index (Phi) is 17.4. The molecule has 0 aromatic rings. The van der Waals surface area contributed by atoms with Crippen LogP contribution in [-0.2, 0) is 14.4 Å². The van der Waals surface area contributed by atoms with Crippen molar-refractivity contribution < 1.29 is 14.4 Å². The predicted octanol–water partition coefficient (Wildman–Crippen LogP) is 1.39. The summed E-state index contributed by atoms with van der Waals surface area (Å²) < 4.78 is 0. The first-order valence-corrected chi connectivity index (χ1v) is 12.0. The van der Waals surface area contributed by atoms with Gasteiger partial charge in [0.05, 0.1) is 12.1 Å². The van der Waals surface area contributed by atoms with Gasteiger partial charge in [-0.3, -0.25) is 14.4 Å². The quantitative estimate of drug-likeness (QED) is 0.179. The first-order valence-electron chi connectivity index (χ1n) is 12.0. The van der Waals surface area contributed by atoms with Crippen LogP contribution in [-0.4, -0.2) is 55.2 Å². The summed E-state index contributed by atoms with van der Waals surface area (Å²) in [5.41, 5.74) is 16.7. The van der Waals surface area contributed by atoms with Crippen molar-refractivity contribution in [2.45, 2.75) is 103 Å². The molecule has 31 heavy (non-hydrogen) atoms. The zero-order valence-electron chi connectivity index (χ0n) is 20.0. The van der Waals surface area contributed by atoms with E-state index in [1.807, 2.05) is 13.8 Å². The van der Waals surface area contributed by atoms with Crippen LogP contribution in [0.25, 0.3) is 0 Å². The standard InChI is InChI=1S/C23H47N5O3/c1-17(2)27-21(12-6-9-15-26)22(30)16-19(10-4-7-13-24)23(31)28-20(18(3)29)11-5-8-14-25/h17,19-21,27H,4-16,24-26H2,1-3H3,(H,28,31). The molecule has 0 heterocycles. The molecule has 0 aliphatic rings. The molecule has 3 unspecified atom stereocenters. The molecule has 0 bridgehead atoms. The lowest BCUT2D eigenvalue weighted by atomic mass is 9.90. The van der Waals surface area contributed by atoms with Crippen LogP contribution in [0.4, 0.5) is 0 Å². The van der Waals surface area contributed by atoms with Crippen molar-refractivity contribution in [1.29, 1.82) is 0 Å². The SMILES string of the molecule is CC(=O)C(CCCCN)NC(=O)C(CCCCN)CC(=O)C(CCCCN)NC(C)C. The number of carbonyl (C=O) groups is 3. The Bertz CT molecular complexity index is 513. The fraction of sp³-hybridized carbons (Fsp3) is 0.870. The molecular formula is C23H47N5O3. The van der Waals surface area contributed by atoms with Gasteiger partial charge in [0.25, 0.3) is 0 Å². The van der Waals surface area contributed by atoms with Crippen molar-refractivity contribution in [3.8, 4) is 0 Å². The summed E-state index contributed by atoms with van der Waals surface area (Å²) >= 11 is 0. The van der Waals surface area contributed by atoms with Crippen molar-refractivity contribution in [3.63, 3.8) is 0 Å². The molecule has 0 spiro atoms. The molecule has 8 N–H and O–H groups in total. The third kappa shape index (κ3) is 14.4. The van der Waals surface area contributed by atoms with Gasteiger partial charge in [0, 0.05) is 18.4 Å². The van der Waals surface area contributed by atoms with Gasteiger partial charge >= 0.3 is 0 Å². The largest absolute Gasteiger partial charge is 0.346 e. The number of carbonyl (C=O) groups excluding carboxylic acids is 3. The van der Waals surface area contributed by atoms with E-state index < -0.39 is 12.0 Å². The Balaban J connectivity index is 5.18. The van der Waals surface area contributed by atoms with Crippen molar-refractivity contribution in [2.24, 2.45) is 23.1 Å². The van der Waals surface area contributed by atoms with Crippen molar-refractivity contribution in [2.75, 3.05) is 19.6 Å². The molecule has 3 atom stereocenters. The van der Waals surface area contributed by atoms with Crippen molar-refractivity contribution >= 4 is 17.5 Å². The van der Waals surface area contributed by atoms with E-state index in [0.717, 1.165) is 38.5 Å². The molecule has 8 nitrogen and oxygen atoms in total. The molecule has 0 aliphatic heterocycles. The molecule has 8 heteroatoms. The van der Waals surface area contributed by atoms with E-state index in [2.05, 4.69) is 10.6 Å². The fourth-order valence-electron chi connectivity index (χ4n) is 3.64. The third-order valence-electron chi connectivity index (χ3n) is 5.45. The van der Waals surface area contributed by atoms with Crippen LogP contribution < -0.4 is 27.8 Å². The van der Waals surface area contributed by atoms with Crippen LogP contribution in [0.1, 0.15) is 85.0 Å². The van der Waals surface area contributed by atoms with Crippen LogP contribution in [0.3, 0.4) is 0 Å². The van der Waals surface area contributed by atoms with E-state index >= 15 is 0 Å². The zero-order valence-corrected chi connectivity index (χ0v) is 20.0. The summed E-state index contributed by atoms with van der Waals surface area (Å²) in [6, 6.07) is -0.647. The lowest BCUT2D eigenvalue weighted by Gasteiger charge is -2.24. The number of Topliss-reactive ketones (excluding diaryl/α,β-unsaturated/α-hetero) is 2. The average Bonchev–Trinajstić information content (AvgIpc) is 2.71. The minimum Gasteiger partial charge on any atom is -0.346 e. The topological polar surface area (TPSA) is 153 Å². The molecule has 0 fully saturated rings. The Morgan fingerprint density at radius 3 is 1.68 bits per heavy atom. The molecule has 0 aromatic carbocycles. The Labute approximate surface area is 188 Å². The normalized spacial score (nSPS) is 14.3. The Morgan fingerprint density at radius 1 is 0.742 bits per heavy atom. The van der Waals surface area contributed by atoms with E-state index in [0.29, 0.717) is 38.9 Å². The predicted molar refractivity (Wildman–Crippen MR) is 127 cm³/mol. The highest BCUT2D eigenvalue weighted by atomic mass is 16.2. The summed E-state index contributed by atoms with van der Waals surface area (Å²) in [6.45, 7) is 7.21. The number of nitrogens with two attached hydrogens (primary N) is 3. The number of hydrogen-bond donors (Lipinski definition) is 5. The fourth-order valence-corrected chi connectivity index (χ4v) is 3.64. The van der Waals surface area contributed by atoms with E-state index in [-0.39, 0.29) is 36.0 Å². The minimum atomic E-state index is -0.527. The summed E-state index contributed by atoms with van der Waals surface area (Å²) in [7, 11) is 0. The first-order chi connectivity index (χ1) is 14.8.